The highest BCUT2D eigenvalue weighted by atomic mass is 15.3. The molecule has 1 aromatic carbocycles. The maximum atomic E-state index is 4.41. The first kappa shape index (κ1) is 10.9. The maximum Gasteiger partial charge on any atom is 0.0648 e. The molecule has 2 aromatic rings. The van der Waals surface area contributed by atoms with Gasteiger partial charge in [0.05, 0.1) is 11.4 Å². The van der Waals surface area contributed by atoms with Crippen molar-refractivity contribution in [1.82, 2.24) is 9.78 Å². The highest BCUT2D eigenvalue weighted by Crippen LogP contribution is 2.21. The first-order chi connectivity index (χ1) is 7.58. The van der Waals surface area contributed by atoms with Crippen LogP contribution in [0.2, 0.25) is 0 Å². The molecular weight excluding hydrogens is 196 g/mol. The highest BCUT2D eigenvalue weighted by molar-refractivity contribution is 5.40. The molecule has 0 bridgehead atoms. The van der Waals surface area contributed by atoms with Crippen LogP contribution in [0.25, 0.3) is 5.69 Å². The van der Waals surface area contributed by atoms with Crippen molar-refractivity contribution in [2.75, 3.05) is 0 Å². The lowest BCUT2D eigenvalue weighted by atomic mass is 9.98. The number of aryl methyl sites for hydroxylation is 2. The summed E-state index contributed by atoms with van der Waals surface area (Å²) >= 11 is 0. The van der Waals surface area contributed by atoms with E-state index in [2.05, 4.69) is 44.1 Å². The van der Waals surface area contributed by atoms with Crippen LogP contribution in [0.5, 0.6) is 0 Å². The Bertz CT molecular complexity index is 495. The zero-order valence-electron chi connectivity index (χ0n) is 10.4. The lowest BCUT2D eigenvalue weighted by molar-refractivity contribution is 0.838. The number of rotatable bonds is 2. The number of aromatic nitrogens is 2. The summed E-state index contributed by atoms with van der Waals surface area (Å²) in [5, 5.41) is 4.41. The van der Waals surface area contributed by atoms with Crippen molar-refractivity contribution in [3.8, 4) is 5.69 Å². The van der Waals surface area contributed by atoms with Gasteiger partial charge in [-0.2, -0.15) is 5.10 Å². The summed E-state index contributed by atoms with van der Waals surface area (Å²) in [5.41, 5.74) is 4.92. The molecule has 84 valence electrons. The third kappa shape index (κ3) is 2.01. The molecular formula is C14H18N2. The zero-order valence-corrected chi connectivity index (χ0v) is 10.4. The van der Waals surface area contributed by atoms with Gasteiger partial charge < -0.3 is 0 Å². The minimum Gasteiger partial charge on any atom is -0.241 e. The average molecular weight is 214 g/mol. The Morgan fingerprint density at radius 2 is 1.88 bits per heavy atom. The van der Waals surface area contributed by atoms with E-state index in [0.717, 1.165) is 11.4 Å². The summed E-state index contributed by atoms with van der Waals surface area (Å²) in [6.07, 6.45) is 2.00. The normalized spacial score (nSPS) is 11.1. The summed E-state index contributed by atoms with van der Waals surface area (Å²) in [6.45, 7) is 8.61. The fourth-order valence-electron chi connectivity index (χ4n) is 2.01. The number of benzene rings is 1. The second-order valence-electron chi connectivity index (χ2n) is 4.60. The molecule has 0 atom stereocenters. The van der Waals surface area contributed by atoms with Gasteiger partial charge >= 0.3 is 0 Å². The van der Waals surface area contributed by atoms with Crippen molar-refractivity contribution in [3.63, 3.8) is 0 Å². The molecule has 0 saturated carbocycles. The van der Waals surface area contributed by atoms with E-state index in [0.29, 0.717) is 5.92 Å². The van der Waals surface area contributed by atoms with Crippen LogP contribution >= 0.6 is 0 Å². The molecule has 1 heterocycles. The minimum atomic E-state index is 0.577. The molecule has 0 saturated heterocycles. The van der Waals surface area contributed by atoms with Crippen molar-refractivity contribution in [3.05, 3.63) is 47.3 Å². The number of hydrogen-bond donors (Lipinski definition) is 0. The second-order valence-corrected chi connectivity index (χ2v) is 4.60. The van der Waals surface area contributed by atoms with E-state index in [1.54, 1.807) is 0 Å². The molecule has 0 radical (unpaired) electrons. The number of nitrogens with zero attached hydrogens (tertiary/aromatic N) is 2. The largest absolute Gasteiger partial charge is 0.241 e. The van der Waals surface area contributed by atoms with Crippen LogP contribution < -0.4 is 0 Å². The molecule has 1 aromatic heterocycles. The Morgan fingerprint density at radius 3 is 2.38 bits per heavy atom. The van der Waals surface area contributed by atoms with Crippen LogP contribution in [0.15, 0.2) is 30.5 Å². The Morgan fingerprint density at radius 1 is 1.12 bits per heavy atom. The zero-order chi connectivity index (χ0) is 11.7. The Balaban J connectivity index is 2.42. The van der Waals surface area contributed by atoms with Crippen LogP contribution in [-0.2, 0) is 0 Å². The molecule has 2 heteroatoms. The van der Waals surface area contributed by atoms with Gasteiger partial charge in [-0.3, -0.25) is 0 Å². The van der Waals surface area contributed by atoms with E-state index < -0.39 is 0 Å². The highest BCUT2D eigenvalue weighted by Gasteiger charge is 2.05. The van der Waals surface area contributed by atoms with E-state index in [4.69, 9.17) is 0 Å². The molecule has 0 aliphatic rings. The van der Waals surface area contributed by atoms with Crippen LogP contribution in [-0.4, -0.2) is 9.78 Å². The first-order valence-electron chi connectivity index (χ1n) is 5.71. The molecule has 2 nitrogen and oxygen atoms in total. The average Bonchev–Trinajstić information content (AvgIpc) is 2.64. The molecule has 0 spiro atoms. The Hall–Kier alpha value is -1.57. The Labute approximate surface area is 96.9 Å². The van der Waals surface area contributed by atoms with Gasteiger partial charge in [0.15, 0.2) is 0 Å². The van der Waals surface area contributed by atoms with Crippen molar-refractivity contribution in [2.24, 2.45) is 0 Å². The molecule has 0 N–H and O–H groups in total. The van der Waals surface area contributed by atoms with Crippen LogP contribution in [0.1, 0.15) is 36.6 Å². The van der Waals surface area contributed by atoms with E-state index in [1.807, 2.05) is 23.9 Å². The summed E-state index contributed by atoms with van der Waals surface area (Å²) in [4.78, 5) is 0. The molecule has 2 rings (SSSR count). The first-order valence-corrected chi connectivity index (χ1v) is 5.71. The molecule has 16 heavy (non-hydrogen) atoms. The fraction of sp³-hybridized carbons (Fsp3) is 0.357. The lowest BCUT2D eigenvalue weighted by Gasteiger charge is -2.11. The summed E-state index contributed by atoms with van der Waals surface area (Å²) < 4.78 is 1.92. The van der Waals surface area contributed by atoms with Gasteiger partial charge in [-0.05, 0) is 49.1 Å². The van der Waals surface area contributed by atoms with Crippen molar-refractivity contribution in [2.45, 2.75) is 33.6 Å². The van der Waals surface area contributed by atoms with E-state index in [-0.39, 0.29) is 0 Å². The topological polar surface area (TPSA) is 17.8 Å². The molecule has 0 unspecified atom stereocenters. The second kappa shape index (κ2) is 4.12. The van der Waals surface area contributed by atoms with Gasteiger partial charge in [0.2, 0.25) is 0 Å². The quantitative estimate of drug-likeness (QED) is 0.746. The van der Waals surface area contributed by atoms with E-state index in [9.17, 15) is 0 Å². The van der Waals surface area contributed by atoms with Gasteiger partial charge in [0, 0.05) is 6.20 Å². The van der Waals surface area contributed by atoms with Crippen LogP contribution in [0.4, 0.5) is 0 Å². The SMILES string of the molecule is Cc1ccn(-c2ccc(C(C)C)c(C)c2)n1. The van der Waals surface area contributed by atoms with Gasteiger partial charge in [-0.1, -0.05) is 19.9 Å². The molecule has 0 fully saturated rings. The van der Waals surface area contributed by atoms with Gasteiger partial charge in [0.1, 0.15) is 0 Å². The predicted molar refractivity (Wildman–Crippen MR) is 67.1 cm³/mol. The molecule has 0 amide bonds. The summed E-state index contributed by atoms with van der Waals surface area (Å²) in [7, 11) is 0. The monoisotopic (exact) mass is 214 g/mol. The third-order valence-electron chi connectivity index (χ3n) is 2.86. The van der Waals surface area contributed by atoms with Gasteiger partial charge in [-0.25, -0.2) is 4.68 Å². The van der Waals surface area contributed by atoms with Gasteiger partial charge in [0.25, 0.3) is 0 Å². The Kier molecular flexibility index (Phi) is 2.82. The smallest absolute Gasteiger partial charge is 0.0648 e. The number of hydrogen-bond acceptors (Lipinski definition) is 1. The molecule has 0 aliphatic heterocycles. The minimum absolute atomic E-state index is 0.577. The maximum absolute atomic E-state index is 4.41. The van der Waals surface area contributed by atoms with Crippen molar-refractivity contribution >= 4 is 0 Å². The molecule has 0 aliphatic carbocycles. The fourth-order valence-corrected chi connectivity index (χ4v) is 2.01. The third-order valence-corrected chi connectivity index (χ3v) is 2.86. The lowest BCUT2D eigenvalue weighted by Crippen LogP contribution is -1.98. The van der Waals surface area contributed by atoms with Crippen LogP contribution in [0.3, 0.4) is 0 Å². The summed E-state index contributed by atoms with van der Waals surface area (Å²) in [6, 6.07) is 8.55. The summed E-state index contributed by atoms with van der Waals surface area (Å²) in [5.74, 6) is 0.577. The van der Waals surface area contributed by atoms with E-state index in [1.165, 1.54) is 11.1 Å². The standard InChI is InChI=1S/C14H18N2/c1-10(2)14-6-5-13(9-11(14)3)16-8-7-12(4)15-16/h5-10H,1-4H3. The van der Waals surface area contributed by atoms with Gasteiger partial charge in [-0.15, -0.1) is 0 Å². The van der Waals surface area contributed by atoms with Crippen molar-refractivity contribution in [1.29, 1.82) is 0 Å². The van der Waals surface area contributed by atoms with Crippen LogP contribution in [0, 0.1) is 13.8 Å². The predicted octanol–water partition coefficient (Wildman–Crippen LogP) is 3.61. The van der Waals surface area contributed by atoms with E-state index >= 15 is 0 Å². The van der Waals surface area contributed by atoms with Crippen molar-refractivity contribution < 1.29 is 0 Å².